The number of nitrogens with zero attached hydrogens (tertiary/aromatic N) is 1. The first-order valence-corrected chi connectivity index (χ1v) is 8.51. The number of halogens is 1. The Labute approximate surface area is 126 Å². The van der Waals surface area contributed by atoms with E-state index in [0.717, 1.165) is 25.1 Å². The van der Waals surface area contributed by atoms with Crippen LogP contribution in [0.1, 0.15) is 25.3 Å². The number of anilines is 1. The van der Waals surface area contributed by atoms with Crippen molar-refractivity contribution >= 4 is 15.9 Å². The summed E-state index contributed by atoms with van der Waals surface area (Å²) in [6, 6.07) is 4.39. The Balaban J connectivity index is 2.55. The fourth-order valence-electron chi connectivity index (χ4n) is 1.77. The van der Waals surface area contributed by atoms with Crippen molar-refractivity contribution in [3.63, 3.8) is 0 Å². The number of rotatable bonds is 9. The fraction of sp³-hybridized carbons (Fsp3) is 0.571. The van der Waals surface area contributed by atoms with Crippen LogP contribution in [0, 0.1) is 12.7 Å². The van der Waals surface area contributed by atoms with Crippen LogP contribution in [0.2, 0.25) is 0 Å². The van der Waals surface area contributed by atoms with E-state index in [1.54, 1.807) is 13.0 Å². The van der Waals surface area contributed by atoms with Crippen molar-refractivity contribution in [1.82, 2.24) is 9.62 Å². The second kappa shape index (κ2) is 8.31. The highest BCUT2D eigenvalue weighted by Crippen LogP contribution is 2.17. The molecule has 0 bridgehead atoms. The molecule has 0 aliphatic carbocycles. The van der Waals surface area contributed by atoms with Crippen LogP contribution in [0.25, 0.3) is 0 Å². The van der Waals surface area contributed by atoms with Gasteiger partial charge in [-0.1, -0.05) is 13.0 Å². The van der Waals surface area contributed by atoms with Gasteiger partial charge in [0.1, 0.15) is 5.82 Å². The third kappa shape index (κ3) is 5.99. The van der Waals surface area contributed by atoms with Crippen LogP contribution in [0.5, 0.6) is 0 Å². The van der Waals surface area contributed by atoms with Gasteiger partial charge in [-0.2, -0.15) is 12.7 Å². The lowest BCUT2D eigenvalue weighted by atomic mass is 10.2. The number of hydrogen-bond acceptors (Lipinski definition) is 3. The maximum absolute atomic E-state index is 13.7. The van der Waals surface area contributed by atoms with E-state index in [2.05, 4.69) is 17.0 Å². The van der Waals surface area contributed by atoms with Crippen LogP contribution >= 0.6 is 0 Å². The van der Waals surface area contributed by atoms with E-state index in [0.29, 0.717) is 13.0 Å². The Morgan fingerprint density at radius 1 is 1.29 bits per heavy atom. The van der Waals surface area contributed by atoms with E-state index in [-0.39, 0.29) is 5.69 Å². The van der Waals surface area contributed by atoms with E-state index >= 15 is 0 Å². The highest BCUT2D eigenvalue weighted by atomic mass is 32.2. The average molecular weight is 317 g/mol. The summed E-state index contributed by atoms with van der Waals surface area (Å²) in [5.41, 5.74) is 0.711. The summed E-state index contributed by atoms with van der Waals surface area (Å²) in [5.74, 6) is -0.573. The Morgan fingerprint density at radius 2 is 2.00 bits per heavy atom. The van der Waals surface area contributed by atoms with Crippen molar-refractivity contribution in [2.75, 3.05) is 31.4 Å². The van der Waals surface area contributed by atoms with Gasteiger partial charge in [-0.05, 0) is 50.6 Å². The summed E-state index contributed by atoms with van der Waals surface area (Å²) < 4.78 is 41.3. The minimum atomic E-state index is -3.73. The lowest BCUT2D eigenvalue weighted by molar-refractivity contribution is 0.458. The van der Waals surface area contributed by atoms with Gasteiger partial charge in [-0.3, -0.25) is 4.72 Å². The Bertz CT molecular complexity index is 549. The summed E-state index contributed by atoms with van der Waals surface area (Å²) >= 11 is 0. The van der Waals surface area contributed by atoms with Crippen molar-refractivity contribution in [2.24, 2.45) is 0 Å². The monoisotopic (exact) mass is 317 g/mol. The molecule has 0 aliphatic rings. The van der Waals surface area contributed by atoms with Crippen LogP contribution in [-0.4, -0.2) is 39.4 Å². The van der Waals surface area contributed by atoms with Crippen molar-refractivity contribution in [3.8, 4) is 0 Å². The molecule has 5 nitrogen and oxygen atoms in total. The number of hydrogen-bond donors (Lipinski definition) is 2. The zero-order valence-corrected chi connectivity index (χ0v) is 13.6. The van der Waals surface area contributed by atoms with Gasteiger partial charge in [0.05, 0.1) is 5.69 Å². The Morgan fingerprint density at radius 3 is 2.62 bits per heavy atom. The highest BCUT2D eigenvalue weighted by molar-refractivity contribution is 7.90. The van der Waals surface area contributed by atoms with Gasteiger partial charge in [-0.25, -0.2) is 4.39 Å². The molecule has 0 radical (unpaired) electrons. The SMILES string of the molecule is CCCNCCCN(C)S(=O)(=O)Nc1ccc(C)cc1F. The Hall–Kier alpha value is -1.18. The second-order valence-electron chi connectivity index (χ2n) is 5.02. The first-order chi connectivity index (χ1) is 9.86. The lowest BCUT2D eigenvalue weighted by Gasteiger charge is -2.18. The molecule has 2 N–H and O–H groups in total. The molecule has 0 spiro atoms. The summed E-state index contributed by atoms with van der Waals surface area (Å²) in [4.78, 5) is 0. The van der Waals surface area contributed by atoms with Gasteiger partial charge >= 0.3 is 10.2 Å². The first-order valence-electron chi connectivity index (χ1n) is 7.07. The molecule has 0 saturated carbocycles. The number of benzene rings is 1. The van der Waals surface area contributed by atoms with Crippen LogP contribution < -0.4 is 10.0 Å². The first kappa shape index (κ1) is 17.9. The van der Waals surface area contributed by atoms with Crippen LogP contribution in [0.3, 0.4) is 0 Å². The van der Waals surface area contributed by atoms with Crippen LogP contribution in [0.15, 0.2) is 18.2 Å². The third-order valence-corrected chi connectivity index (χ3v) is 4.51. The van der Waals surface area contributed by atoms with Gasteiger partial charge in [0.2, 0.25) is 0 Å². The summed E-state index contributed by atoms with van der Waals surface area (Å²) in [6.45, 7) is 5.87. The highest BCUT2D eigenvalue weighted by Gasteiger charge is 2.18. The van der Waals surface area contributed by atoms with Crippen molar-refractivity contribution in [2.45, 2.75) is 26.7 Å². The van der Waals surface area contributed by atoms with E-state index in [4.69, 9.17) is 0 Å². The van der Waals surface area contributed by atoms with Gasteiger partial charge in [0, 0.05) is 13.6 Å². The molecule has 21 heavy (non-hydrogen) atoms. The van der Waals surface area contributed by atoms with Crippen LogP contribution in [0.4, 0.5) is 10.1 Å². The number of nitrogens with one attached hydrogen (secondary N) is 2. The molecule has 0 saturated heterocycles. The normalized spacial score (nSPS) is 11.9. The second-order valence-corrected chi connectivity index (χ2v) is 6.79. The quantitative estimate of drug-likeness (QED) is 0.686. The molecule has 0 atom stereocenters. The summed E-state index contributed by atoms with van der Waals surface area (Å²) in [5, 5.41) is 3.21. The fourth-order valence-corrected chi connectivity index (χ4v) is 2.74. The number of aryl methyl sites for hydroxylation is 1. The smallest absolute Gasteiger partial charge is 0.301 e. The maximum atomic E-state index is 13.7. The average Bonchev–Trinajstić information content (AvgIpc) is 2.41. The molecule has 0 aromatic heterocycles. The molecule has 0 heterocycles. The molecule has 1 rings (SSSR count). The minimum absolute atomic E-state index is 0.0310. The standard InChI is InChI=1S/C14H24FN3O2S/c1-4-8-16-9-5-10-18(3)21(19,20)17-14-7-6-12(2)11-13(14)15/h6-7,11,16-17H,4-5,8-10H2,1-3H3. The Kier molecular flexibility index (Phi) is 7.07. The largest absolute Gasteiger partial charge is 0.317 e. The molecular formula is C14H24FN3O2S. The molecule has 0 amide bonds. The van der Waals surface area contributed by atoms with E-state index in [1.807, 2.05) is 0 Å². The van der Waals surface area contributed by atoms with E-state index in [9.17, 15) is 12.8 Å². The molecule has 120 valence electrons. The van der Waals surface area contributed by atoms with E-state index in [1.165, 1.54) is 23.5 Å². The molecular weight excluding hydrogens is 293 g/mol. The molecule has 1 aromatic rings. The molecule has 1 aromatic carbocycles. The molecule has 0 unspecified atom stereocenters. The van der Waals surface area contributed by atoms with Gasteiger partial charge in [0.15, 0.2) is 0 Å². The zero-order chi connectivity index (χ0) is 15.9. The van der Waals surface area contributed by atoms with Gasteiger partial charge < -0.3 is 5.32 Å². The zero-order valence-electron chi connectivity index (χ0n) is 12.8. The third-order valence-electron chi connectivity index (χ3n) is 3.03. The molecule has 7 heteroatoms. The lowest BCUT2D eigenvalue weighted by Crippen LogP contribution is -2.34. The van der Waals surface area contributed by atoms with Crippen molar-refractivity contribution in [3.05, 3.63) is 29.6 Å². The van der Waals surface area contributed by atoms with Crippen molar-refractivity contribution < 1.29 is 12.8 Å². The van der Waals surface area contributed by atoms with Gasteiger partial charge in [0.25, 0.3) is 0 Å². The van der Waals surface area contributed by atoms with Gasteiger partial charge in [-0.15, -0.1) is 0 Å². The molecule has 0 aliphatic heterocycles. The summed E-state index contributed by atoms with van der Waals surface area (Å²) in [6.07, 6.45) is 1.75. The van der Waals surface area contributed by atoms with E-state index < -0.39 is 16.0 Å². The molecule has 0 fully saturated rings. The minimum Gasteiger partial charge on any atom is -0.317 e. The van der Waals surface area contributed by atoms with Crippen LogP contribution in [-0.2, 0) is 10.2 Å². The predicted molar refractivity (Wildman–Crippen MR) is 84.1 cm³/mol. The maximum Gasteiger partial charge on any atom is 0.301 e. The topological polar surface area (TPSA) is 61.4 Å². The van der Waals surface area contributed by atoms with Crippen molar-refractivity contribution in [1.29, 1.82) is 0 Å². The summed E-state index contributed by atoms with van der Waals surface area (Å²) in [7, 11) is -2.25. The predicted octanol–water partition coefficient (Wildman–Crippen LogP) is 2.11.